The Morgan fingerprint density at radius 3 is 2.48 bits per heavy atom. The van der Waals surface area contributed by atoms with E-state index in [0.29, 0.717) is 19.4 Å². The summed E-state index contributed by atoms with van der Waals surface area (Å²) in [4.78, 5) is 25.9. The average Bonchev–Trinajstić information content (AvgIpc) is 2.98. The van der Waals surface area contributed by atoms with E-state index in [2.05, 4.69) is 6.92 Å². The molecule has 0 aromatic heterocycles. The molecule has 1 fully saturated rings. The van der Waals surface area contributed by atoms with Gasteiger partial charge in [-0.25, -0.2) is 0 Å². The van der Waals surface area contributed by atoms with Gasteiger partial charge in [0.05, 0.1) is 11.8 Å². The molecule has 4 heteroatoms. The Morgan fingerprint density at radius 1 is 1.19 bits per heavy atom. The van der Waals surface area contributed by atoms with Gasteiger partial charge in [0.2, 0.25) is 5.91 Å². The summed E-state index contributed by atoms with van der Waals surface area (Å²) in [6, 6.07) is 9.56. The molecular formula is C17H23NO3. The first-order valence-electron chi connectivity index (χ1n) is 7.74. The molecule has 1 saturated carbocycles. The minimum atomic E-state index is -0.839. The molecule has 1 N–H and O–H groups in total. The van der Waals surface area contributed by atoms with Crippen LogP contribution < -0.4 is 4.90 Å². The molecule has 0 radical (unpaired) electrons. The summed E-state index contributed by atoms with van der Waals surface area (Å²) in [5.41, 5.74) is 0.868. The van der Waals surface area contributed by atoms with Crippen molar-refractivity contribution in [2.75, 3.05) is 11.4 Å². The monoisotopic (exact) mass is 289 g/mol. The third kappa shape index (κ3) is 3.63. The second kappa shape index (κ2) is 7.25. The van der Waals surface area contributed by atoms with Crippen molar-refractivity contribution in [2.45, 2.75) is 39.0 Å². The Bertz CT molecular complexity index is 486. The van der Waals surface area contributed by atoms with Crippen LogP contribution >= 0.6 is 0 Å². The molecule has 4 nitrogen and oxygen atoms in total. The topological polar surface area (TPSA) is 57.6 Å². The van der Waals surface area contributed by atoms with Gasteiger partial charge in [0.15, 0.2) is 0 Å². The number of unbranched alkanes of at least 4 members (excludes halogenated alkanes) is 1. The molecule has 1 amide bonds. The summed E-state index contributed by atoms with van der Waals surface area (Å²) in [5.74, 6) is -1.76. The number of rotatable bonds is 6. The highest BCUT2D eigenvalue weighted by molar-refractivity contribution is 5.97. The number of carboxylic acid groups (broad SMARTS) is 1. The lowest BCUT2D eigenvalue weighted by molar-refractivity contribution is -0.145. The van der Waals surface area contributed by atoms with E-state index in [1.165, 1.54) is 0 Å². The van der Waals surface area contributed by atoms with E-state index in [1.54, 1.807) is 4.90 Å². The second-order valence-corrected chi connectivity index (χ2v) is 5.66. The molecule has 0 aliphatic heterocycles. The summed E-state index contributed by atoms with van der Waals surface area (Å²) in [7, 11) is 0. The van der Waals surface area contributed by atoms with Gasteiger partial charge in [-0.15, -0.1) is 0 Å². The summed E-state index contributed by atoms with van der Waals surface area (Å²) in [5, 5.41) is 9.29. The van der Waals surface area contributed by atoms with Crippen LogP contribution in [-0.2, 0) is 9.59 Å². The number of carbonyl (C=O) groups is 2. The lowest BCUT2D eigenvalue weighted by Crippen LogP contribution is -2.40. The highest BCUT2D eigenvalue weighted by atomic mass is 16.4. The van der Waals surface area contributed by atoms with E-state index in [-0.39, 0.29) is 11.8 Å². The van der Waals surface area contributed by atoms with Gasteiger partial charge >= 0.3 is 5.97 Å². The highest BCUT2D eigenvalue weighted by Crippen LogP contribution is 2.34. The first kappa shape index (κ1) is 15.5. The first-order chi connectivity index (χ1) is 10.1. The molecule has 0 saturated heterocycles. The van der Waals surface area contributed by atoms with Gasteiger partial charge in [-0.1, -0.05) is 38.0 Å². The normalized spacial score (nSPS) is 21.2. The maximum atomic E-state index is 12.8. The van der Waals surface area contributed by atoms with E-state index in [4.69, 9.17) is 0 Å². The fourth-order valence-corrected chi connectivity index (χ4v) is 3.04. The Kier molecular flexibility index (Phi) is 5.37. The predicted octanol–water partition coefficient (Wildman–Crippen LogP) is 3.32. The number of carboxylic acids is 1. The van der Waals surface area contributed by atoms with Crippen molar-refractivity contribution in [1.29, 1.82) is 0 Å². The van der Waals surface area contributed by atoms with Crippen molar-refractivity contribution in [2.24, 2.45) is 11.8 Å². The lowest BCUT2D eigenvalue weighted by Gasteiger charge is -2.27. The van der Waals surface area contributed by atoms with Gasteiger partial charge < -0.3 is 10.0 Å². The highest BCUT2D eigenvalue weighted by Gasteiger charge is 2.39. The standard InChI is InChI=1S/C17H23NO3/c1-2-3-12-18(13-8-5-4-6-9-13)16(19)14-10-7-11-15(14)17(20)21/h4-6,8-9,14-15H,2-3,7,10-12H2,1H3,(H,20,21). The number of carbonyl (C=O) groups excluding carboxylic acids is 1. The smallest absolute Gasteiger partial charge is 0.307 e. The van der Waals surface area contributed by atoms with Crippen LogP contribution in [0.5, 0.6) is 0 Å². The second-order valence-electron chi connectivity index (χ2n) is 5.66. The fraction of sp³-hybridized carbons (Fsp3) is 0.529. The van der Waals surface area contributed by atoms with E-state index in [9.17, 15) is 14.7 Å². The predicted molar refractivity (Wildman–Crippen MR) is 82.2 cm³/mol. The largest absolute Gasteiger partial charge is 0.481 e. The zero-order valence-corrected chi connectivity index (χ0v) is 12.5. The van der Waals surface area contributed by atoms with Gasteiger partial charge in [0.1, 0.15) is 0 Å². The van der Waals surface area contributed by atoms with Crippen LogP contribution in [0.25, 0.3) is 0 Å². The van der Waals surface area contributed by atoms with E-state index < -0.39 is 11.9 Å². The number of anilines is 1. The number of aliphatic carboxylic acids is 1. The van der Waals surface area contributed by atoms with Crippen LogP contribution in [-0.4, -0.2) is 23.5 Å². The maximum absolute atomic E-state index is 12.8. The maximum Gasteiger partial charge on any atom is 0.307 e. The van der Waals surface area contributed by atoms with E-state index >= 15 is 0 Å². The molecule has 2 unspecified atom stereocenters. The van der Waals surface area contributed by atoms with Crippen molar-refractivity contribution in [3.63, 3.8) is 0 Å². The number of nitrogens with zero attached hydrogens (tertiary/aromatic N) is 1. The van der Waals surface area contributed by atoms with Gasteiger partial charge in [-0.3, -0.25) is 9.59 Å². The lowest BCUT2D eigenvalue weighted by atomic mass is 9.94. The molecule has 2 atom stereocenters. The van der Waals surface area contributed by atoms with Crippen molar-refractivity contribution in [3.05, 3.63) is 30.3 Å². The van der Waals surface area contributed by atoms with Crippen LogP contribution in [0.15, 0.2) is 30.3 Å². The van der Waals surface area contributed by atoms with E-state index in [1.807, 2.05) is 30.3 Å². The molecule has 1 aliphatic carbocycles. The Morgan fingerprint density at radius 2 is 1.86 bits per heavy atom. The average molecular weight is 289 g/mol. The third-order valence-electron chi connectivity index (χ3n) is 4.22. The van der Waals surface area contributed by atoms with Crippen LogP contribution in [0, 0.1) is 11.8 Å². The zero-order chi connectivity index (χ0) is 15.2. The number of hydrogen-bond acceptors (Lipinski definition) is 2. The van der Waals surface area contributed by atoms with Crippen LogP contribution in [0.3, 0.4) is 0 Å². The number of para-hydroxylation sites is 1. The Balaban J connectivity index is 2.20. The van der Waals surface area contributed by atoms with Crippen molar-refractivity contribution < 1.29 is 14.7 Å². The fourth-order valence-electron chi connectivity index (χ4n) is 3.04. The summed E-state index contributed by atoms with van der Waals surface area (Å²) in [6.45, 7) is 2.74. The third-order valence-corrected chi connectivity index (χ3v) is 4.22. The molecule has 2 rings (SSSR count). The SMILES string of the molecule is CCCCN(C(=O)C1CCCC1C(=O)O)c1ccccc1. The van der Waals surface area contributed by atoms with Gasteiger partial charge in [0.25, 0.3) is 0 Å². The van der Waals surface area contributed by atoms with E-state index in [0.717, 1.165) is 24.9 Å². The van der Waals surface area contributed by atoms with Crippen LogP contribution in [0.2, 0.25) is 0 Å². The molecular weight excluding hydrogens is 266 g/mol. The molecule has 21 heavy (non-hydrogen) atoms. The quantitative estimate of drug-likeness (QED) is 0.874. The van der Waals surface area contributed by atoms with Crippen molar-refractivity contribution >= 4 is 17.6 Å². The molecule has 114 valence electrons. The number of benzene rings is 1. The van der Waals surface area contributed by atoms with Gasteiger partial charge in [-0.2, -0.15) is 0 Å². The minimum absolute atomic E-state index is 0.0282. The molecule has 1 aromatic rings. The molecule has 1 aliphatic rings. The summed E-state index contributed by atoms with van der Waals surface area (Å²) < 4.78 is 0. The Labute approximate surface area is 125 Å². The number of amides is 1. The van der Waals surface area contributed by atoms with Gasteiger partial charge in [-0.05, 0) is 31.4 Å². The zero-order valence-electron chi connectivity index (χ0n) is 12.5. The summed E-state index contributed by atoms with van der Waals surface area (Å²) in [6.07, 6.45) is 4.05. The van der Waals surface area contributed by atoms with Gasteiger partial charge in [0, 0.05) is 12.2 Å². The number of hydrogen-bond donors (Lipinski definition) is 1. The minimum Gasteiger partial charge on any atom is -0.481 e. The molecule has 0 bridgehead atoms. The Hall–Kier alpha value is -1.84. The van der Waals surface area contributed by atoms with Crippen molar-refractivity contribution in [3.8, 4) is 0 Å². The molecule has 1 aromatic carbocycles. The first-order valence-corrected chi connectivity index (χ1v) is 7.74. The molecule has 0 heterocycles. The van der Waals surface area contributed by atoms with Crippen LogP contribution in [0.1, 0.15) is 39.0 Å². The summed E-state index contributed by atoms with van der Waals surface area (Å²) >= 11 is 0. The van der Waals surface area contributed by atoms with Crippen molar-refractivity contribution in [1.82, 2.24) is 0 Å². The van der Waals surface area contributed by atoms with Crippen LogP contribution in [0.4, 0.5) is 5.69 Å². The molecule has 0 spiro atoms.